The topological polar surface area (TPSA) is 47.6 Å². The molecule has 4 nitrogen and oxygen atoms in total. The van der Waals surface area contributed by atoms with Crippen molar-refractivity contribution < 1.29 is 14.3 Å². The van der Waals surface area contributed by atoms with Crippen molar-refractivity contribution in [2.24, 2.45) is 0 Å². The normalized spacial score (nSPS) is 21.6. The SMILES string of the molecule is O=C(Cc1ccc(Br)cc1)NC1CCC2(CC1)OCCO2. The molecule has 2 aliphatic rings. The van der Waals surface area contributed by atoms with Crippen molar-refractivity contribution in [1.82, 2.24) is 5.32 Å². The lowest BCUT2D eigenvalue weighted by atomic mass is 9.90. The minimum absolute atomic E-state index is 0.0894. The number of nitrogens with one attached hydrogen (secondary N) is 1. The van der Waals surface area contributed by atoms with Crippen LogP contribution in [0.3, 0.4) is 0 Å². The van der Waals surface area contributed by atoms with E-state index in [1.54, 1.807) is 0 Å². The van der Waals surface area contributed by atoms with Gasteiger partial charge in [-0.15, -0.1) is 0 Å². The van der Waals surface area contributed by atoms with Crippen LogP contribution >= 0.6 is 15.9 Å². The highest BCUT2D eigenvalue weighted by atomic mass is 79.9. The molecule has 5 heteroatoms. The molecule has 1 aromatic carbocycles. The van der Waals surface area contributed by atoms with Crippen molar-refractivity contribution in [2.75, 3.05) is 13.2 Å². The molecular weight excluding hydrogens is 334 g/mol. The monoisotopic (exact) mass is 353 g/mol. The molecule has 1 aromatic rings. The summed E-state index contributed by atoms with van der Waals surface area (Å²) < 4.78 is 12.4. The highest BCUT2D eigenvalue weighted by molar-refractivity contribution is 9.10. The smallest absolute Gasteiger partial charge is 0.224 e. The summed E-state index contributed by atoms with van der Waals surface area (Å²) in [5.74, 6) is -0.265. The number of halogens is 1. The Kier molecular flexibility index (Phi) is 4.62. The first kappa shape index (κ1) is 15.0. The molecule has 1 aliphatic carbocycles. The van der Waals surface area contributed by atoms with E-state index in [0.717, 1.165) is 35.7 Å². The van der Waals surface area contributed by atoms with Crippen LogP contribution in [0.2, 0.25) is 0 Å². The second kappa shape index (κ2) is 6.46. The summed E-state index contributed by atoms with van der Waals surface area (Å²) in [6.45, 7) is 1.39. The zero-order chi connectivity index (χ0) is 14.7. The van der Waals surface area contributed by atoms with Gasteiger partial charge < -0.3 is 14.8 Å². The second-order valence-corrected chi connectivity index (χ2v) is 6.67. The molecule has 1 amide bonds. The van der Waals surface area contributed by atoms with Crippen LogP contribution in [0.5, 0.6) is 0 Å². The van der Waals surface area contributed by atoms with Gasteiger partial charge in [0, 0.05) is 23.4 Å². The van der Waals surface area contributed by atoms with Gasteiger partial charge in [-0.3, -0.25) is 4.79 Å². The molecule has 3 rings (SSSR count). The predicted octanol–water partition coefficient (Wildman–Crippen LogP) is 2.79. The summed E-state index contributed by atoms with van der Waals surface area (Å²) >= 11 is 3.40. The first-order valence-corrected chi connectivity index (χ1v) is 8.26. The van der Waals surface area contributed by atoms with Crippen molar-refractivity contribution in [3.05, 3.63) is 34.3 Å². The summed E-state index contributed by atoms with van der Waals surface area (Å²) in [5, 5.41) is 3.13. The standard InChI is InChI=1S/C16H20BrNO3/c17-13-3-1-12(2-4-13)11-15(19)18-14-5-7-16(8-6-14)20-9-10-21-16/h1-4,14H,5-11H2,(H,18,19). The Balaban J connectivity index is 1.46. The highest BCUT2D eigenvalue weighted by Crippen LogP contribution is 2.35. The maximum Gasteiger partial charge on any atom is 0.224 e. The third-order valence-electron chi connectivity index (χ3n) is 4.20. The molecule has 0 radical (unpaired) electrons. The fourth-order valence-corrected chi connectivity index (χ4v) is 3.32. The van der Waals surface area contributed by atoms with Crippen LogP contribution in [0.1, 0.15) is 31.2 Å². The first-order valence-electron chi connectivity index (χ1n) is 7.47. The second-order valence-electron chi connectivity index (χ2n) is 5.75. The number of benzene rings is 1. The molecule has 21 heavy (non-hydrogen) atoms. The third-order valence-corrected chi connectivity index (χ3v) is 4.73. The number of hydrogen-bond donors (Lipinski definition) is 1. The van der Waals surface area contributed by atoms with Gasteiger partial charge in [0.15, 0.2) is 5.79 Å². The number of carbonyl (C=O) groups excluding carboxylic acids is 1. The van der Waals surface area contributed by atoms with Gasteiger partial charge in [-0.25, -0.2) is 0 Å². The van der Waals surface area contributed by atoms with Crippen LogP contribution in [-0.2, 0) is 20.7 Å². The van der Waals surface area contributed by atoms with E-state index in [2.05, 4.69) is 21.2 Å². The van der Waals surface area contributed by atoms with Crippen LogP contribution in [0, 0.1) is 0 Å². The average Bonchev–Trinajstić information content (AvgIpc) is 2.93. The largest absolute Gasteiger partial charge is 0.353 e. The van der Waals surface area contributed by atoms with Crippen LogP contribution in [0.15, 0.2) is 28.7 Å². The molecule has 0 unspecified atom stereocenters. The fraction of sp³-hybridized carbons (Fsp3) is 0.562. The van der Waals surface area contributed by atoms with Gasteiger partial charge in [-0.05, 0) is 30.5 Å². The van der Waals surface area contributed by atoms with Crippen molar-refractivity contribution in [3.63, 3.8) is 0 Å². The molecule has 1 aliphatic heterocycles. The van der Waals surface area contributed by atoms with Gasteiger partial charge in [0.1, 0.15) is 0 Å². The van der Waals surface area contributed by atoms with E-state index in [-0.39, 0.29) is 17.7 Å². The summed E-state index contributed by atoms with van der Waals surface area (Å²) in [5.41, 5.74) is 1.03. The molecule has 0 aromatic heterocycles. The van der Waals surface area contributed by atoms with Gasteiger partial charge in [0.25, 0.3) is 0 Å². The van der Waals surface area contributed by atoms with Gasteiger partial charge in [0.05, 0.1) is 19.6 Å². The van der Waals surface area contributed by atoms with Gasteiger partial charge in [-0.1, -0.05) is 28.1 Å². The van der Waals surface area contributed by atoms with E-state index in [9.17, 15) is 4.79 Å². The average molecular weight is 354 g/mol. The number of ether oxygens (including phenoxy) is 2. The summed E-state index contributed by atoms with van der Waals surface area (Å²) in [7, 11) is 0. The van der Waals surface area contributed by atoms with Gasteiger partial charge in [-0.2, -0.15) is 0 Å². The molecule has 114 valence electrons. The highest BCUT2D eigenvalue weighted by Gasteiger charge is 2.40. The zero-order valence-corrected chi connectivity index (χ0v) is 13.5. The summed E-state index contributed by atoms with van der Waals surface area (Å²) in [6, 6.07) is 8.11. The van der Waals surface area contributed by atoms with E-state index < -0.39 is 0 Å². The summed E-state index contributed by atoms with van der Waals surface area (Å²) in [6.07, 6.45) is 4.02. The van der Waals surface area contributed by atoms with Crippen LogP contribution in [0.4, 0.5) is 0 Å². The number of carbonyl (C=O) groups is 1. The number of amides is 1. The fourth-order valence-electron chi connectivity index (χ4n) is 3.05. The van der Waals surface area contributed by atoms with E-state index in [1.165, 1.54) is 0 Å². The third kappa shape index (κ3) is 3.84. The lowest BCUT2D eigenvalue weighted by molar-refractivity contribution is -0.180. The Morgan fingerprint density at radius 3 is 2.43 bits per heavy atom. The zero-order valence-electron chi connectivity index (χ0n) is 11.9. The van der Waals surface area contributed by atoms with E-state index >= 15 is 0 Å². The molecule has 2 fully saturated rings. The van der Waals surface area contributed by atoms with E-state index in [0.29, 0.717) is 19.6 Å². The molecule has 1 saturated heterocycles. The number of hydrogen-bond acceptors (Lipinski definition) is 3. The van der Waals surface area contributed by atoms with E-state index in [4.69, 9.17) is 9.47 Å². The Bertz CT molecular complexity index is 487. The predicted molar refractivity (Wildman–Crippen MR) is 82.9 cm³/mol. The quantitative estimate of drug-likeness (QED) is 0.908. The summed E-state index contributed by atoms with van der Waals surface area (Å²) in [4.78, 5) is 12.1. The first-order chi connectivity index (χ1) is 10.2. The maximum atomic E-state index is 12.1. The van der Waals surface area contributed by atoms with Crippen LogP contribution in [0.25, 0.3) is 0 Å². The van der Waals surface area contributed by atoms with Gasteiger partial charge in [0.2, 0.25) is 5.91 Å². The lowest BCUT2D eigenvalue weighted by Crippen LogP contribution is -2.44. The Labute approximate surface area is 133 Å². The molecular formula is C16H20BrNO3. The maximum absolute atomic E-state index is 12.1. The molecule has 1 N–H and O–H groups in total. The van der Waals surface area contributed by atoms with Crippen LogP contribution < -0.4 is 5.32 Å². The Hall–Kier alpha value is -0.910. The molecule has 1 spiro atoms. The molecule has 0 atom stereocenters. The molecule has 1 saturated carbocycles. The van der Waals surface area contributed by atoms with E-state index in [1.807, 2.05) is 24.3 Å². The van der Waals surface area contributed by atoms with Crippen molar-refractivity contribution in [1.29, 1.82) is 0 Å². The minimum Gasteiger partial charge on any atom is -0.353 e. The number of rotatable bonds is 3. The van der Waals surface area contributed by atoms with Crippen molar-refractivity contribution >= 4 is 21.8 Å². The van der Waals surface area contributed by atoms with Crippen molar-refractivity contribution in [2.45, 2.75) is 43.9 Å². The lowest BCUT2D eigenvalue weighted by Gasteiger charge is -2.35. The van der Waals surface area contributed by atoms with Crippen LogP contribution in [-0.4, -0.2) is 30.9 Å². The van der Waals surface area contributed by atoms with Crippen molar-refractivity contribution in [3.8, 4) is 0 Å². The Morgan fingerprint density at radius 2 is 1.81 bits per heavy atom. The molecule has 1 heterocycles. The minimum atomic E-state index is -0.354. The molecule has 0 bridgehead atoms. The Morgan fingerprint density at radius 1 is 1.19 bits per heavy atom. The van der Waals surface area contributed by atoms with Gasteiger partial charge >= 0.3 is 0 Å².